The van der Waals surface area contributed by atoms with Crippen LogP contribution in [-0.2, 0) is 0 Å². The van der Waals surface area contributed by atoms with Crippen LogP contribution in [0.25, 0.3) is 0 Å². The summed E-state index contributed by atoms with van der Waals surface area (Å²) in [5.74, 6) is -0.895. The summed E-state index contributed by atoms with van der Waals surface area (Å²) in [4.78, 5) is 10.8. The van der Waals surface area contributed by atoms with E-state index in [2.05, 4.69) is 21.2 Å². The summed E-state index contributed by atoms with van der Waals surface area (Å²) in [6, 6.07) is 2.87. The molecule has 0 aliphatic heterocycles. The third-order valence-electron chi connectivity index (χ3n) is 2.88. The lowest BCUT2D eigenvalue weighted by atomic mass is 10.2. The van der Waals surface area contributed by atoms with Crippen molar-refractivity contribution in [2.45, 2.75) is 19.3 Å². The highest BCUT2D eigenvalue weighted by atomic mass is 79.9. The van der Waals surface area contributed by atoms with Crippen LogP contribution in [0.3, 0.4) is 0 Å². The third-order valence-corrected chi connectivity index (χ3v) is 3.65. The van der Waals surface area contributed by atoms with E-state index in [0.29, 0.717) is 5.69 Å². The van der Waals surface area contributed by atoms with E-state index in [1.807, 2.05) is 0 Å². The number of anilines is 1. The van der Waals surface area contributed by atoms with Crippen molar-refractivity contribution < 1.29 is 14.3 Å². The van der Waals surface area contributed by atoms with Gasteiger partial charge in [0.2, 0.25) is 0 Å². The van der Waals surface area contributed by atoms with Gasteiger partial charge in [-0.3, -0.25) is 0 Å². The van der Waals surface area contributed by atoms with Crippen molar-refractivity contribution in [2.24, 2.45) is 5.92 Å². The lowest BCUT2D eigenvalue weighted by Crippen LogP contribution is -2.07. The fourth-order valence-electron chi connectivity index (χ4n) is 1.67. The van der Waals surface area contributed by atoms with Crippen LogP contribution in [0.2, 0.25) is 0 Å². The van der Waals surface area contributed by atoms with Gasteiger partial charge >= 0.3 is 5.97 Å². The van der Waals surface area contributed by atoms with E-state index in [1.165, 1.54) is 25.0 Å². The predicted molar refractivity (Wildman–Crippen MR) is 66.9 cm³/mol. The SMILES string of the molecule is O=C(O)c1ccc(NCCC2CC2)c(F)c1Br. The maximum Gasteiger partial charge on any atom is 0.336 e. The Morgan fingerprint density at radius 1 is 1.53 bits per heavy atom. The Kier molecular flexibility index (Phi) is 3.66. The number of halogens is 2. The molecular formula is C12H13BrFNO2. The van der Waals surface area contributed by atoms with Crippen LogP contribution in [0.5, 0.6) is 0 Å². The van der Waals surface area contributed by atoms with Gasteiger partial charge in [0, 0.05) is 6.54 Å². The van der Waals surface area contributed by atoms with Gasteiger partial charge in [0.05, 0.1) is 15.7 Å². The van der Waals surface area contributed by atoms with Gasteiger partial charge < -0.3 is 10.4 Å². The second-order valence-electron chi connectivity index (χ2n) is 4.25. The number of hydrogen-bond acceptors (Lipinski definition) is 2. The molecule has 0 saturated heterocycles. The average molecular weight is 302 g/mol. The number of nitrogens with one attached hydrogen (secondary N) is 1. The molecular weight excluding hydrogens is 289 g/mol. The summed E-state index contributed by atoms with van der Waals surface area (Å²) in [7, 11) is 0. The Bertz CT molecular complexity index is 446. The molecule has 5 heteroatoms. The van der Waals surface area contributed by atoms with E-state index in [0.717, 1.165) is 18.9 Å². The zero-order valence-electron chi connectivity index (χ0n) is 9.17. The first-order chi connectivity index (χ1) is 8.09. The number of carbonyl (C=O) groups is 1. The number of rotatable bonds is 5. The van der Waals surface area contributed by atoms with Gasteiger partial charge in [-0.2, -0.15) is 0 Å². The van der Waals surface area contributed by atoms with Crippen LogP contribution in [-0.4, -0.2) is 17.6 Å². The zero-order valence-corrected chi connectivity index (χ0v) is 10.8. The smallest absolute Gasteiger partial charge is 0.336 e. The Hall–Kier alpha value is -1.10. The highest BCUT2D eigenvalue weighted by Gasteiger charge is 2.21. The van der Waals surface area contributed by atoms with Gasteiger partial charge in [-0.05, 0) is 40.4 Å². The molecule has 17 heavy (non-hydrogen) atoms. The summed E-state index contributed by atoms with van der Waals surface area (Å²) in [5, 5.41) is 11.8. The molecule has 1 aromatic rings. The molecule has 2 N–H and O–H groups in total. The van der Waals surface area contributed by atoms with Crippen LogP contribution in [0.4, 0.5) is 10.1 Å². The Morgan fingerprint density at radius 3 is 2.82 bits per heavy atom. The van der Waals surface area contributed by atoms with Crippen molar-refractivity contribution in [1.29, 1.82) is 0 Å². The van der Waals surface area contributed by atoms with E-state index in [9.17, 15) is 9.18 Å². The van der Waals surface area contributed by atoms with Gasteiger partial charge in [-0.25, -0.2) is 9.18 Å². The second kappa shape index (κ2) is 5.04. The first-order valence-electron chi connectivity index (χ1n) is 5.54. The normalized spacial score (nSPS) is 14.7. The molecule has 1 aliphatic carbocycles. The molecule has 1 aliphatic rings. The van der Waals surface area contributed by atoms with Crippen LogP contribution in [0.1, 0.15) is 29.6 Å². The fraction of sp³-hybridized carbons (Fsp3) is 0.417. The van der Waals surface area contributed by atoms with Gasteiger partial charge in [-0.1, -0.05) is 12.8 Å². The summed E-state index contributed by atoms with van der Waals surface area (Å²) in [6.07, 6.45) is 3.58. The minimum atomic E-state index is -1.14. The summed E-state index contributed by atoms with van der Waals surface area (Å²) < 4.78 is 13.8. The highest BCUT2D eigenvalue weighted by molar-refractivity contribution is 9.10. The summed E-state index contributed by atoms with van der Waals surface area (Å²) in [6.45, 7) is 0.723. The molecule has 2 rings (SSSR count). The second-order valence-corrected chi connectivity index (χ2v) is 5.05. The number of benzene rings is 1. The third kappa shape index (κ3) is 2.97. The minimum absolute atomic E-state index is 0.00132. The maximum absolute atomic E-state index is 13.8. The molecule has 3 nitrogen and oxygen atoms in total. The Balaban J connectivity index is 2.06. The predicted octanol–water partition coefficient (Wildman–Crippen LogP) is 3.50. The quantitative estimate of drug-likeness (QED) is 0.875. The Labute approximate surface area is 107 Å². The van der Waals surface area contributed by atoms with E-state index >= 15 is 0 Å². The van der Waals surface area contributed by atoms with Crippen molar-refractivity contribution >= 4 is 27.6 Å². The van der Waals surface area contributed by atoms with E-state index < -0.39 is 11.8 Å². The zero-order chi connectivity index (χ0) is 12.4. The summed E-state index contributed by atoms with van der Waals surface area (Å²) >= 11 is 2.97. The average Bonchev–Trinajstić information content (AvgIpc) is 3.08. The van der Waals surface area contributed by atoms with Crippen molar-refractivity contribution in [2.75, 3.05) is 11.9 Å². The van der Waals surface area contributed by atoms with E-state index in [1.54, 1.807) is 0 Å². The molecule has 0 aromatic heterocycles. The fourth-order valence-corrected chi connectivity index (χ4v) is 2.18. The molecule has 0 bridgehead atoms. The van der Waals surface area contributed by atoms with Gasteiger partial charge in [-0.15, -0.1) is 0 Å². The molecule has 1 aromatic carbocycles. The molecule has 0 heterocycles. The molecule has 92 valence electrons. The molecule has 1 saturated carbocycles. The standard InChI is InChI=1S/C12H13BrFNO2/c13-10-8(12(16)17)3-4-9(11(10)14)15-6-5-7-1-2-7/h3-4,7,15H,1-2,5-6H2,(H,16,17). The van der Waals surface area contributed by atoms with Gasteiger partial charge in [0.1, 0.15) is 0 Å². The first kappa shape index (κ1) is 12.4. The monoisotopic (exact) mass is 301 g/mol. The number of carboxylic acids is 1. The van der Waals surface area contributed by atoms with Gasteiger partial charge in [0.25, 0.3) is 0 Å². The van der Waals surface area contributed by atoms with Crippen molar-refractivity contribution in [3.63, 3.8) is 0 Å². The Morgan fingerprint density at radius 2 is 2.24 bits per heavy atom. The molecule has 0 amide bonds. The molecule has 0 spiro atoms. The number of aromatic carboxylic acids is 1. The van der Waals surface area contributed by atoms with Crippen molar-refractivity contribution in [3.05, 3.63) is 28.0 Å². The van der Waals surface area contributed by atoms with Crippen LogP contribution in [0.15, 0.2) is 16.6 Å². The maximum atomic E-state index is 13.8. The minimum Gasteiger partial charge on any atom is -0.478 e. The van der Waals surface area contributed by atoms with E-state index in [-0.39, 0.29) is 10.0 Å². The molecule has 0 radical (unpaired) electrons. The van der Waals surface area contributed by atoms with Crippen LogP contribution < -0.4 is 5.32 Å². The first-order valence-corrected chi connectivity index (χ1v) is 6.34. The number of hydrogen-bond donors (Lipinski definition) is 2. The largest absolute Gasteiger partial charge is 0.478 e. The van der Waals surface area contributed by atoms with Crippen LogP contribution >= 0.6 is 15.9 Å². The summed E-state index contributed by atoms with van der Waals surface area (Å²) in [5.41, 5.74) is 0.290. The van der Waals surface area contributed by atoms with E-state index in [4.69, 9.17) is 5.11 Å². The van der Waals surface area contributed by atoms with Crippen molar-refractivity contribution in [3.8, 4) is 0 Å². The van der Waals surface area contributed by atoms with Gasteiger partial charge in [0.15, 0.2) is 5.82 Å². The topological polar surface area (TPSA) is 49.3 Å². The molecule has 0 unspecified atom stereocenters. The lowest BCUT2D eigenvalue weighted by Gasteiger charge is -2.09. The lowest BCUT2D eigenvalue weighted by molar-refractivity contribution is 0.0695. The molecule has 1 fully saturated rings. The number of carboxylic acid groups (broad SMARTS) is 1. The highest BCUT2D eigenvalue weighted by Crippen LogP contribution is 2.32. The van der Waals surface area contributed by atoms with Crippen molar-refractivity contribution in [1.82, 2.24) is 0 Å². The molecule has 0 atom stereocenters. The van der Waals surface area contributed by atoms with Crippen LogP contribution in [0, 0.1) is 11.7 Å².